The lowest BCUT2D eigenvalue weighted by Crippen LogP contribution is -2.51. The smallest absolute Gasteiger partial charge is 0.241 e. The van der Waals surface area contributed by atoms with Gasteiger partial charge in [-0.15, -0.1) is 0 Å². The van der Waals surface area contributed by atoms with Gasteiger partial charge in [-0.3, -0.25) is 4.79 Å². The van der Waals surface area contributed by atoms with Crippen molar-refractivity contribution in [2.75, 3.05) is 13.2 Å². The van der Waals surface area contributed by atoms with Crippen LogP contribution in [0.15, 0.2) is 53.6 Å². The fraction of sp³-hybridized carbons (Fsp3) is 0.300. The van der Waals surface area contributed by atoms with E-state index in [1.54, 1.807) is 18.2 Å². The number of hydrogen-bond donors (Lipinski definition) is 1. The minimum absolute atomic E-state index is 0.0701. The number of nitrogens with zero attached hydrogens (tertiary/aromatic N) is 2. The number of rotatable bonds is 3. The molecule has 2 N–H and O–H groups in total. The van der Waals surface area contributed by atoms with Gasteiger partial charge in [0, 0.05) is 24.0 Å². The average Bonchev–Trinajstić information content (AvgIpc) is 3.06. The third kappa shape index (κ3) is 2.82. The van der Waals surface area contributed by atoms with Crippen molar-refractivity contribution < 1.29 is 13.9 Å². The molecule has 5 nitrogen and oxygen atoms in total. The number of amides is 1. The van der Waals surface area contributed by atoms with Crippen LogP contribution in [0.1, 0.15) is 24.5 Å². The third-order valence-electron chi connectivity index (χ3n) is 4.94. The summed E-state index contributed by atoms with van der Waals surface area (Å²) in [5.74, 6) is 0.0846. The van der Waals surface area contributed by atoms with Gasteiger partial charge in [-0.05, 0) is 31.2 Å². The molecule has 2 aromatic rings. The van der Waals surface area contributed by atoms with Crippen molar-refractivity contribution >= 4 is 22.7 Å². The summed E-state index contributed by atoms with van der Waals surface area (Å²) < 4.78 is 20.4. The molecule has 0 saturated carbocycles. The lowest BCUT2D eigenvalue weighted by Gasteiger charge is -2.45. The molecular formula is C20H20FN3O2S. The van der Waals surface area contributed by atoms with Crippen molar-refractivity contribution in [1.82, 2.24) is 5.01 Å². The number of carbonyl (C=O) groups excluding carboxylic acids is 1. The molecule has 2 heterocycles. The minimum Gasteiger partial charge on any atom is -0.493 e. The monoisotopic (exact) mass is 385 g/mol. The van der Waals surface area contributed by atoms with Crippen LogP contribution in [0.3, 0.4) is 0 Å². The van der Waals surface area contributed by atoms with Crippen LogP contribution in [0.5, 0.6) is 5.75 Å². The molecule has 2 aliphatic rings. The normalized spacial score (nSPS) is 23.7. The molecule has 0 radical (unpaired) electrons. The first-order chi connectivity index (χ1) is 13.1. The Labute approximate surface area is 161 Å². The molecule has 1 spiro atoms. The number of carbonyl (C=O) groups is 1. The molecule has 7 heteroatoms. The summed E-state index contributed by atoms with van der Waals surface area (Å²) in [5, 5.41) is 6.53. The van der Waals surface area contributed by atoms with Gasteiger partial charge in [0.1, 0.15) is 16.6 Å². The molecule has 2 aliphatic heterocycles. The summed E-state index contributed by atoms with van der Waals surface area (Å²) in [4.78, 5) is 11.8. The van der Waals surface area contributed by atoms with E-state index in [2.05, 4.69) is 5.10 Å². The maximum absolute atomic E-state index is 14.4. The highest BCUT2D eigenvalue weighted by Crippen LogP contribution is 2.57. The summed E-state index contributed by atoms with van der Waals surface area (Å²) in [6.45, 7) is 2.36. The van der Waals surface area contributed by atoms with E-state index in [1.165, 1.54) is 29.8 Å². The van der Waals surface area contributed by atoms with Gasteiger partial charge in [0.25, 0.3) is 0 Å². The predicted octanol–water partition coefficient (Wildman–Crippen LogP) is 3.29. The number of hydrazone groups is 1. The molecule has 0 aromatic heterocycles. The molecule has 4 rings (SSSR count). The van der Waals surface area contributed by atoms with Crippen molar-refractivity contribution in [3.05, 3.63) is 65.5 Å². The molecule has 0 saturated heterocycles. The first kappa shape index (κ1) is 18.0. The summed E-state index contributed by atoms with van der Waals surface area (Å²) >= 11 is 1.41. The molecule has 1 amide bonds. The first-order valence-corrected chi connectivity index (χ1v) is 9.65. The predicted molar refractivity (Wildman–Crippen MR) is 104 cm³/mol. The Hall–Kier alpha value is -2.38. The van der Waals surface area contributed by atoms with Gasteiger partial charge in [-0.2, -0.15) is 5.10 Å². The molecule has 27 heavy (non-hydrogen) atoms. The van der Waals surface area contributed by atoms with Crippen LogP contribution in [0.2, 0.25) is 0 Å². The molecule has 140 valence electrons. The zero-order valence-corrected chi connectivity index (χ0v) is 15.7. The largest absolute Gasteiger partial charge is 0.493 e. The number of hydrogen-bond acceptors (Lipinski definition) is 5. The van der Waals surface area contributed by atoms with Gasteiger partial charge < -0.3 is 10.5 Å². The molecule has 0 aliphatic carbocycles. The summed E-state index contributed by atoms with van der Waals surface area (Å²) in [7, 11) is 0. The zero-order chi connectivity index (χ0) is 19.0. The van der Waals surface area contributed by atoms with Crippen molar-refractivity contribution in [2.24, 2.45) is 16.8 Å². The summed E-state index contributed by atoms with van der Waals surface area (Å²) in [5.41, 5.74) is 7.11. The SMILES string of the molecule is CC(=O)N1N=C(c2ccccc2F)S[C@]12c1ccccc1OC[C@H]2CCN. The zero-order valence-electron chi connectivity index (χ0n) is 14.9. The molecule has 2 aromatic carbocycles. The van der Waals surface area contributed by atoms with E-state index in [0.717, 1.165) is 11.3 Å². The van der Waals surface area contributed by atoms with Gasteiger partial charge >= 0.3 is 0 Å². The second-order valence-corrected chi connectivity index (χ2v) is 7.81. The lowest BCUT2D eigenvalue weighted by atomic mass is 9.86. The van der Waals surface area contributed by atoms with Crippen molar-refractivity contribution in [3.8, 4) is 5.75 Å². The van der Waals surface area contributed by atoms with E-state index in [9.17, 15) is 9.18 Å². The van der Waals surface area contributed by atoms with E-state index in [0.29, 0.717) is 30.2 Å². The second kappa shape index (κ2) is 6.98. The number of para-hydroxylation sites is 1. The molecule has 0 unspecified atom stereocenters. The number of benzene rings is 2. The Morgan fingerprint density at radius 1 is 1.33 bits per heavy atom. The standard InChI is InChI=1S/C20H20FN3O2S/c1-13(25)24-20(27-19(23-24)15-6-2-4-8-17(15)21)14(10-11-22)12-26-18-9-5-3-7-16(18)20/h2-9,14H,10-12,22H2,1H3/t14-,20-/m1/s1. The van der Waals surface area contributed by atoms with Crippen LogP contribution in [-0.2, 0) is 9.67 Å². The van der Waals surface area contributed by atoms with Gasteiger partial charge in [-0.25, -0.2) is 9.40 Å². The quantitative estimate of drug-likeness (QED) is 0.880. The molecule has 0 fully saturated rings. The summed E-state index contributed by atoms with van der Waals surface area (Å²) in [6, 6.07) is 14.1. The summed E-state index contributed by atoms with van der Waals surface area (Å²) in [6.07, 6.45) is 0.658. The first-order valence-electron chi connectivity index (χ1n) is 8.83. The van der Waals surface area contributed by atoms with Crippen LogP contribution < -0.4 is 10.5 Å². The topological polar surface area (TPSA) is 67.9 Å². The molecule has 2 atom stereocenters. The van der Waals surface area contributed by atoms with Crippen molar-refractivity contribution in [2.45, 2.75) is 18.2 Å². The number of ether oxygens (including phenoxy) is 1. The van der Waals surface area contributed by atoms with Gasteiger partial charge in [0.05, 0.1) is 6.61 Å². The fourth-order valence-electron chi connectivity index (χ4n) is 3.74. The van der Waals surface area contributed by atoms with Crippen LogP contribution in [0, 0.1) is 11.7 Å². The highest BCUT2D eigenvalue weighted by Gasteiger charge is 2.56. The highest BCUT2D eigenvalue weighted by molar-refractivity contribution is 8.15. The Morgan fingerprint density at radius 3 is 2.81 bits per heavy atom. The van der Waals surface area contributed by atoms with Crippen LogP contribution in [-0.4, -0.2) is 29.1 Å². The number of nitrogens with two attached hydrogens (primary N) is 1. The lowest BCUT2D eigenvalue weighted by molar-refractivity contribution is -0.134. The Bertz CT molecular complexity index is 920. The Kier molecular flexibility index (Phi) is 4.65. The Morgan fingerprint density at radius 2 is 2.07 bits per heavy atom. The minimum atomic E-state index is -0.794. The van der Waals surface area contributed by atoms with E-state index in [4.69, 9.17) is 10.5 Å². The maximum atomic E-state index is 14.4. The van der Waals surface area contributed by atoms with E-state index in [-0.39, 0.29) is 17.6 Å². The maximum Gasteiger partial charge on any atom is 0.241 e. The second-order valence-electron chi connectivity index (χ2n) is 6.60. The van der Waals surface area contributed by atoms with Crippen LogP contribution in [0.4, 0.5) is 4.39 Å². The fourth-order valence-corrected chi connectivity index (χ4v) is 5.32. The van der Waals surface area contributed by atoms with E-state index >= 15 is 0 Å². The number of halogens is 1. The number of fused-ring (bicyclic) bond motifs is 2. The van der Waals surface area contributed by atoms with Crippen molar-refractivity contribution in [3.63, 3.8) is 0 Å². The number of thioether (sulfide) groups is 1. The molecular weight excluding hydrogens is 365 g/mol. The third-order valence-corrected chi connectivity index (χ3v) is 6.47. The average molecular weight is 385 g/mol. The van der Waals surface area contributed by atoms with E-state index < -0.39 is 4.87 Å². The highest BCUT2D eigenvalue weighted by atomic mass is 32.2. The van der Waals surface area contributed by atoms with Gasteiger partial charge in [0.15, 0.2) is 4.87 Å². The van der Waals surface area contributed by atoms with Crippen molar-refractivity contribution in [1.29, 1.82) is 0 Å². The Balaban J connectivity index is 1.89. The van der Waals surface area contributed by atoms with Gasteiger partial charge in [-0.1, -0.05) is 42.1 Å². The van der Waals surface area contributed by atoms with Crippen LogP contribution >= 0.6 is 11.8 Å². The molecule has 0 bridgehead atoms. The van der Waals surface area contributed by atoms with Gasteiger partial charge in [0.2, 0.25) is 5.91 Å². The van der Waals surface area contributed by atoms with E-state index in [1.807, 2.05) is 24.3 Å². The van der Waals surface area contributed by atoms with Crippen LogP contribution in [0.25, 0.3) is 0 Å².